The van der Waals surface area contributed by atoms with Crippen LogP contribution >= 0.6 is 11.6 Å². The number of hydrogen-bond donors (Lipinski definition) is 1. The van der Waals surface area contributed by atoms with Crippen molar-refractivity contribution in [3.63, 3.8) is 0 Å². The molecule has 1 aromatic carbocycles. The van der Waals surface area contributed by atoms with Crippen LogP contribution in [0.5, 0.6) is 0 Å². The predicted octanol–water partition coefficient (Wildman–Crippen LogP) is 2.75. The number of hydrogen-bond acceptors (Lipinski definition) is 3. The quantitative estimate of drug-likeness (QED) is 0.898. The zero-order valence-electron chi connectivity index (χ0n) is 9.99. The lowest BCUT2D eigenvalue weighted by molar-refractivity contribution is -0.137. The molecule has 1 heterocycles. The van der Waals surface area contributed by atoms with Gasteiger partial charge in [-0.25, -0.2) is 0 Å². The third-order valence-corrected chi connectivity index (χ3v) is 3.21. The molecular formula is C13H18ClNO2. The maximum absolute atomic E-state index is 5.97. The van der Waals surface area contributed by atoms with E-state index in [1.807, 2.05) is 18.2 Å². The van der Waals surface area contributed by atoms with E-state index in [1.54, 1.807) is 0 Å². The molecule has 2 atom stereocenters. The minimum Gasteiger partial charge on any atom is -0.355 e. The fraction of sp³-hybridized carbons (Fsp3) is 0.538. The normalized spacial score (nSPS) is 22.4. The first-order valence-electron chi connectivity index (χ1n) is 5.94. The summed E-state index contributed by atoms with van der Waals surface area (Å²) >= 11 is 5.97. The molecule has 1 N–H and O–H groups in total. The molecule has 0 aliphatic carbocycles. The zero-order valence-corrected chi connectivity index (χ0v) is 10.7. The highest BCUT2D eigenvalue weighted by atomic mass is 35.5. The summed E-state index contributed by atoms with van der Waals surface area (Å²) in [6.07, 6.45) is 1.21. The smallest absolute Gasteiger partial charge is 0.147 e. The summed E-state index contributed by atoms with van der Waals surface area (Å²) in [6.45, 7) is 4.18. The molecule has 2 rings (SSSR count). The molecule has 0 radical (unpaired) electrons. The van der Waals surface area contributed by atoms with Crippen molar-refractivity contribution in [2.75, 3.05) is 19.9 Å². The molecular weight excluding hydrogens is 238 g/mol. The fourth-order valence-corrected chi connectivity index (χ4v) is 2.06. The van der Waals surface area contributed by atoms with Crippen LogP contribution < -0.4 is 5.32 Å². The van der Waals surface area contributed by atoms with Crippen LogP contribution in [0.2, 0.25) is 5.02 Å². The predicted molar refractivity (Wildman–Crippen MR) is 68.2 cm³/mol. The second-order valence-electron chi connectivity index (χ2n) is 4.29. The van der Waals surface area contributed by atoms with E-state index in [0.29, 0.717) is 6.79 Å². The van der Waals surface area contributed by atoms with E-state index in [4.69, 9.17) is 21.1 Å². The van der Waals surface area contributed by atoms with Gasteiger partial charge in [-0.15, -0.1) is 0 Å². The van der Waals surface area contributed by atoms with Gasteiger partial charge in [0.2, 0.25) is 0 Å². The molecule has 0 saturated carbocycles. The Morgan fingerprint density at radius 2 is 2.41 bits per heavy atom. The third-order valence-electron chi connectivity index (χ3n) is 2.97. The Hall–Kier alpha value is -0.610. The van der Waals surface area contributed by atoms with E-state index in [1.165, 1.54) is 5.56 Å². The minimum atomic E-state index is 0.255. The van der Waals surface area contributed by atoms with Crippen molar-refractivity contribution in [3.8, 4) is 0 Å². The Labute approximate surface area is 107 Å². The van der Waals surface area contributed by atoms with Gasteiger partial charge in [-0.1, -0.05) is 23.7 Å². The maximum atomic E-state index is 5.97. The van der Waals surface area contributed by atoms with Gasteiger partial charge < -0.3 is 14.8 Å². The molecule has 3 nitrogen and oxygen atoms in total. The maximum Gasteiger partial charge on any atom is 0.147 e. The van der Waals surface area contributed by atoms with Gasteiger partial charge in [-0.2, -0.15) is 0 Å². The Bertz CT molecular complexity index is 353. The molecule has 1 unspecified atom stereocenters. The number of benzene rings is 1. The third kappa shape index (κ3) is 3.96. The number of halogens is 1. The summed E-state index contributed by atoms with van der Waals surface area (Å²) in [6, 6.07) is 8.21. The average Bonchev–Trinajstić information content (AvgIpc) is 2.37. The Morgan fingerprint density at radius 1 is 1.53 bits per heavy atom. The van der Waals surface area contributed by atoms with Gasteiger partial charge in [0.25, 0.3) is 0 Å². The fourth-order valence-electron chi connectivity index (χ4n) is 1.86. The van der Waals surface area contributed by atoms with Crippen molar-refractivity contribution < 1.29 is 9.47 Å². The topological polar surface area (TPSA) is 30.5 Å². The Morgan fingerprint density at radius 3 is 3.12 bits per heavy atom. The van der Waals surface area contributed by atoms with E-state index in [9.17, 15) is 0 Å². The summed E-state index contributed by atoms with van der Waals surface area (Å²) in [5.41, 5.74) is 1.20. The largest absolute Gasteiger partial charge is 0.355 e. The van der Waals surface area contributed by atoms with Crippen LogP contribution in [0.4, 0.5) is 0 Å². The van der Waals surface area contributed by atoms with Gasteiger partial charge >= 0.3 is 0 Å². The molecule has 0 spiro atoms. The molecule has 4 heteroatoms. The monoisotopic (exact) mass is 255 g/mol. The first-order chi connectivity index (χ1) is 8.25. The van der Waals surface area contributed by atoms with Crippen molar-refractivity contribution in [1.82, 2.24) is 5.32 Å². The Kier molecular flexibility index (Phi) is 4.80. The highest BCUT2D eigenvalue weighted by Gasteiger charge is 2.15. The van der Waals surface area contributed by atoms with Crippen LogP contribution in [0.15, 0.2) is 24.3 Å². The van der Waals surface area contributed by atoms with Gasteiger partial charge in [0.1, 0.15) is 6.79 Å². The van der Waals surface area contributed by atoms with Gasteiger partial charge in [-0.3, -0.25) is 0 Å². The zero-order chi connectivity index (χ0) is 12.1. The SMILES string of the molecule is C[C@@H](NCC1CCOCO1)c1cccc(Cl)c1. The highest BCUT2D eigenvalue weighted by Crippen LogP contribution is 2.17. The number of ether oxygens (including phenoxy) is 2. The summed E-state index contributed by atoms with van der Waals surface area (Å²) in [5, 5.41) is 4.23. The summed E-state index contributed by atoms with van der Waals surface area (Å²) in [4.78, 5) is 0. The standard InChI is InChI=1S/C13H18ClNO2/c1-10(11-3-2-4-12(14)7-11)15-8-13-5-6-16-9-17-13/h2-4,7,10,13,15H,5-6,8-9H2,1H3/t10-,13?/m1/s1. The number of nitrogens with one attached hydrogen (secondary N) is 1. The van der Waals surface area contributed by atoms with Crippen molar-refractivity contribution in [2.24, 2.45) is 0 Å². The lowest BCUT2D eigenvalue weighted by atomic mass is 10.1. The molecule has 0 amide bonds. The van der Waals surface area contributed by atoms with Crippen molar-refractivity contribution in [2.45, 2.75) is 25.5 Å². The number of rotatable bonds is 4. The van der Waals surface area contributed by atoms with Crippen LogP contribution in [0.25, 0.3) is 0 Å². The minimum absolute atomic E-state index is 0.255. The van der Waals surface area contributed by atoms with Crippen molar-refractivity contribution in [1.29, 1.82) is 0 Å². The first-order valence-corrected chi connectivity index (χ1v) is 6.31. The molecule has 1 saturated heterocycles. The van der Waals surface area contributed by atoms with Gasteiger partial charge in [0, 0.05) is 17.6 Å². The summed E-state index contributed by atoms with van der Waals surface area (Å²) < 4.78 is 10.6. The van der Waals surface area contributed by atoms with Crippen LogP contribution in [0, 0.1) is 0 Å². The van der Waals surface area contributed by atoms with E-state index in [2.05, 4.69) is 18.3 Å². The molecule has 17 heavy (non-hydrogen) atoms. The van der Waals surface area contributed by atoms with E-state index in [0.717, 1.165) is 24.6 Å². The molecule has 1 fully saturated rings. The van der Waals surface area contributed by atoms with Crippen LogP contribution in [0.3, 0.4) is 0 Å². The van der Waals surface area contributed by atoms with E-state index < -0.39 is 0 Å². The second kappa shape index (κ2) is 6.36. The summed E-state index contributed by atoms with van der Waals surface area (Å²) in [5.74, 6) is 0. The molecule has 0 aromatic heterocycles. The molecule has 1 aromatic rings. The highest BCUT2D eigenvalue weighted by molar-refractivity contribution is 6.30. The van der Waals surface area contributed by atoms with E-state index in [-0.39, 0.29) is 12.1 Å². The van der Waals surface area contributed by atoms with Crippen LogP contribution in [-0.4, -0.2) is 26.0 Å². The first kappa shape index (κ1) is 12.8. The summed E-state index contributed by atoms with van der Waals surface area (Å²) in [7, 11) is 0. The molecule has 0 bridgehead atoms. The molecule has 94 valence electrons. The van der Waals surface area contributed by atoms with Crippen molar-refractivity contribution in [3.05, 3.63) is 34.9 Å². The second-order valence-corrected chi connectivity index (χ2v) is 4.72. The van der Waals surface area contributed by atoms with Crippen molar-refractivity contribution >= 4 is 11.6 Å². The lowest BCUT2D eigenvalue weighted by Gasteiger charge is -2.25. The van der Waals surface area contributed by atoms with E-state index >= 15 is 0 Å². The van der Waals surface area contributed by atoms with Gasteiger partial charge in [0.15, 0.2) is 0 Å². The van der Waals surface area contributed by atoms with Crippen LogP contribution in [0.1, 0.15) is 24.9 Å². The van der Waals surface area contributed by atoms with Crippen LogP contribution in [-0.2, 0) is 9.47 Å². The van der Waals surface area contributed by atoms with Gasteiger partial charge in [-0.05, 0) is 31.0 Å². The van der Waals surface area contributed by atoms with Gasteiger partial charge in [0.05, 0.1) is 12.7 Å². The average molecular weight is 256 g/mol. The molecule has 1 aliphatic rings. The Balaban J connectivity index is 1.82. The molecule has 1 aliphatic heterocycles. The lowest BCUT2D eigenvalue weighted by Crippen LogP contribution is -2.35.